The highest BCUT2D eigenvalue weighted by atomic mass is 32.2. The van der Waals surface area contributed by atoms with E-state index in [2.05, 4.69) is 4.98 Å². The average Bonchev–Trinajstić information content (AvgIpc) is 2.87. The molecule has 0 spiro atoms. The van der Waals surface area contributed by atoms with E-state index >= 15 is 0 Å². The summed E-state index contributed by atoms with van der Waals surface area (Å²) in [7, 11) is -2.99. The molecule has 0 radical (unpaired) electrons. The van der Waals surface area contributed by atoms with E-state index in [1.165, 1.54) is 15.7 Å². The van der Waals surface area contributed by atoms with Gasteiger partial charge in [-0.05, 0) is 0 Å². The minimum atomic E-state index is -2.99. The number of aromatic carboxylic acids is 1. The molecule has 0 atom stereocenters. The minimum Gasteiger partial charge on any atom is -0.476 e. The second-order valence-electron chi connectivity index (χ2n) is 4.28. The third-order valence-electron chi connectivity index (χ3n) is 3.09. The van der Waals surface area contributed by atoms with E-state index in [1.54, 1.807) is 16.5 Å². The maximum atomic E-state index is 11.4. The summed E-state index contributed by atoms with van der Waals surface area (Å²) < 4.78 is 24.3. The Morgan fingerprint density at radius 3 is 2.68 bits per heavy atom. The van der Waals surface area contributed by atoms with Crippen molar-refractivity contribution < 1.29 is 18.3 Å². The molecular formula is C10H11N3O4S2. The number of hydrogen-bond donors (Lipinski definition) is 1. The Morgan fingerprint density at radius 1 is 1.37 bits per heavy atom. The molecule has 0 saturated carbocycles. The van der Waals surface area contributed by atoms with E-state index in [1.807, 2.05) is 0 Å². The largest absolute Gasteiger partial charge is 0.476 e. The summed E-state index contributed by atoms with van der Waals surface area (Å²) in [5, 5.41) is 11.1. The van der Waals surface area contributed by atoms with Gasteiger partial charge in [0.15, 0.2) is 26.3 Å². The predicted octanol–water partition coefficient (Wildman–Crippen LogP) is 0.329. The summed E-state index contributed by atoms with van der Waals surface area (Å²) in [5.41, 5.74) is 0.0931. The van der Waals surface area contributed by atoms with E-state index in [0.29, 0.717) is 10.8 Å². The van der Waals surface area contributed by atoms with E-state index in [4.69, 9.17) is 0 Å². The van der Waals surface area contributed by atoms with Gasteiger partial charge in [0.25, 0.3) is 0 Å². The van der Waals surface area contributed by atoms with Crippen molar-refractivity contribution in [1.29, 1.82) is 0 Å². The third-order valence-corrected chi connectivity index (χ3v) is 5.46. The number of nitrogens with zero attached hydrogens (tertiary/aromatic N) is 3. The van der Waals surface area contributed by atoms with Gasteiger partial charge in [-0.15, -0.1) is 11.3 Å². The van der Waals surface area contributed by atoms with Gasteiger partial charge in [-0.1, -0.05) is 0 Å². The molecule has 2 aromatic heterocycles. The summed E-state index contributed by atoms with van der Waals surface area (Å²) in [5.74, 6) is -0.627. The topological polar surface area (TPSA) is 92.0 Å². The van der Waals surface area contributed by atoms with Gasteiger partial charge in [-0.2, -0.15) is 0 Å². The predicted molar refractivity (Wildman–Crippen MR) is 70.9 cm³/mol. The first kappa shape index (κ1) is 12.4. The highest BCUT2D eigenvalue weighted by molar-refractivity contribution is 7.91. The molecule has 0 amide bonds. The van der Waals surface area contributed by atoms with Gasteiger partial charge < -0.3 is 10.0 Å². The first-order chi connectivity index (χ1) is 8.98. The van der Waals surface area contributed by atoms with Crippen LogP contribution in [-0.4, -0.2) is 53.5 Å². The van der Waals surface area contributed by atoms with Crippen LogP contribution >= 0.6 is 11.3 Å². The molecule has 1 N–H and O–H groups in total. The highest BCUT2D eigenvalue weighted by Crippen LogP contribution is 2.25. The van der Waals surface area contributed by atoms with Crippen molar-refractivity contribution in [1.82, 2.24) is 9.38 Å². The Balaban J connectivity index is 2.03. The monoisotopic (exact) mass is 301 g/mol. The molecule has 1 fully saturated rings. The molecule has 7 nitrogen and oxygen atoms in total. The Hall–Kier alpha value is -1.61. The number of sulfone groups is 1. The zero-order valence-electron chi connectivity index (χ0n) is 9.81. The van der Waals surface area contributed by atoms with Crippen molar-refractivity contribution in [3.8, 4) is 0 Å². The summed E-state index contributed by atoms with van der Waals surface area (Å²) in [6.45, 7) is 0.570. The third kappa shape index (κ3) is 2.08. The number of aromatic nitrogens is 2. The summed E-state index contributed by atoms with van der Waals surface area (Å²) in [4.78, 5) is 18.0. The normalized spacial score (nSPS) is 18.8. The standard InChI is InChI=1S/C10H11N3O4S2/c14-9(15)7-8(11-10-13(7)1-4-18-10)12-2-5-19(16,17)6-3-12/h1,4H,2-3,5-6H2,(H,14,15). The van der Waals surface area contributed by atoms with Crippen LogP contribution in [0.4, 0.5) is 5.82 Å². The number of carboxylic acids is 1. The lowest BCUT2D eigenvalue weighted by atomic mass is 10.3. The van der Waals surface area contributed by atoms with Crippen LogP contribution in [-0.2, 0) is 9.84 Å². The average molecular weight is 301 g/mol. The number of fused-ring (bicyclic) bond motifs is 1. The van der Waals surface area contributed by atoms with Crippen LogP contribution in [0.2, 0.25) is 0 Å². The van der Waals surface area contributed by atoms with Gasteiger partial charge >= 0.3 is 5.97 Å². The van der Waals surface area contributed by atoms with Gasteiger partial charge in [0.1, 0.15) is 0 Å². The van der Waals surface area contributed by atoms with E-state index in [0.717, 1.165) is 0 Å². The van der Waals surface area contributed by atoms with Crippen LogP contribution in [0.3, 0.4) is 0 Å². The van der Waals surface area contributed by atoms with Gasteiger partial charge in [0.05, 0.1) is 11.5 Å². The number of rotatable bonds is 2. The first-order valence-corrected chi connectivity index (χ1v) is 8.32. The second-order valence-corrected chi connectivity index (χ2v) is 7.46. The van der Waals surface area contributed by atoms with E-state index in [-0.39, 0.29) is 30.3 Å². The van der Waals surface area contributed by atoms with Gasteiger partial charge in [-0.25, -0.2) is 18.2 Å². The fourth-order valence-electron chi connectivity index (χ4n) is 2.12. The number of carboxylic acid groups (broad SMARTS) is 1. The quantitative estimate of drug-likeness (QED) is 0.859. The molecule has 0 bridgehead atoms. The highest BCUT2D eigenvalue weighted by Gasteiger charge is 2.28. The van der Waals surface area contributed by atoms with Crippen LogP contribution in [0.15, 0.2) is 11.6 Å². The molecule has 3 heterocycles. The molecule has 19 heavy (non-hydrogen) atoms. The first-order valence-electron chi connectivity index (χ1n) is 5.62. The molecule has 1 aliphatic rings. The van der Waals surface area contributed by atoms with Crippen LogP contribution in [0, 0.1) is 0 Å². The van der Waals surface area contributed by atoms with Crippen molar-refractivity contribution in [2.75, 3.05) is 29.5 Å². The molecule has 0 unspecified atom stereocenters. The lowest BCUT2D eigenvalue weighted by molar-refractivity contribution is 0.0690. The van der Waals surface area contributed by atoms with Crippen molar-refractivity contribution in [3.63, 3.8) is 0 Å². The SMILES string of the molecule is O=C(O)c1c(N2CCS(=O)(=O)CC2)nc2sccn12. The molecular weight excluding hydrogens is 290 g/mol. The minimum absolute atomic E-state index is 0.0389. The van der Waals surface area contributed by atoms with Crippen molar-refractivity contribution in [2.45, 2.75) is 0 Å². The van der Waals surface area contributed by atoms with Crippen LogP contribution in [0.25, 0.3) is 4.96 Å². The molecule has 2 aromatic rings. The molecule has 0 aliphatic carbocycles. The maximum absolute atomic E-state index is 11.4. The fraction of sp³-hybridized carbons (Fsp3) is 0.400. The smallest absolute Gasteiger partial charge is 0.356 e. The van der Waals surface area contributed by atoms with E-state index in [9.17, 15) is 18.3 Å². The van der Waals surface area contributed by atoms with Crippen molar-refractivity contribution in [3.05, 3.63) is 17.3 Å². The number of anilines is 1. The Kier molecular flexibility index (Phi) is 2.75. The zero-order chi connectivity index (χ0) is 13.6. The lowest BCUT2D eigenvalue weighted by Gasteiger charge is -2.27. The number of hydrogen-bond acceptors (Lipinski definition) is 6. The van der Waals surface area contributed by atoms with Crippen LogP contribution in [0.5, 0.6) is 0 Å². The zero-order valence-corrected chi connectivity index (χ0v) is 11.4. The number of carbonyl (C=O) groups is 1. The van der Waals surface area contributed by atoms with Crippen molar-refractivity contribution >= 4 is 37.9 Å². The Morgan fingerprint density at radius 2 is 2.05 bits per heavy atom. The van der Waals surface area contributed by atoms with E-state index < -0.39 is 15.8 Å². The molecule has 102 valence electrons. The lowest BCUT2D eigenvalue weighted by Crippen LogP contribution is -2.41. The molecule has 3 rings (SSSR count). The summed E-state index contributed by atoms with van der Waals surface area (Å²) in [6, 6.07) is 0. The summed E-state index contributed by atoms with van der Waals surface area (Å²) >= 11 is 1.35. The van der Waals surface area contributed by atoms with Crippen LogP contribution in [0.1, 0.15) is 10.5 Å². The maximum Gasteiger partial charge on any atom is 0.356 e. The Labute approximate surface area is 113 Å². The fourth-order valence-corrected chi connectivity index (χ4v) is 4.03. The number of thiazole rings is 1. The Bertz CT molecular complexity index is 732. The summed E-state index contributed by atoms with van der Waals surface area (Å²) in [6.07, 6.45) is 1.65. The second kappa shape index (κ2) is 4.20. The molecule has 9 heteroatoms. The van der Waals surface area contributed by atoms with Gasteiger partial charge in [0.2, 0.25) is 0 Å². The van der Waals surface area contributed by atoms with Crippen molar-refractivity contribution in [2.24, 2.45) is 0 Å². The van der Waals surface area contributed by atoms with Crippen LogP contribution < -0.4 is 4.90 Å². The number of imidazole rings is 1. The van der Waals surface area contributed by atoms with Gasteiger partial charge in [0, 0.05) is 24.7 Å². The molecule has 1 aliphatic heterocycles. The van der Waals surface area contributed by atoms with Gasteiger partial charge in [-0.3, -0.25) is 4.40 Å². The molecule has 1 saturated heterocycles. The molecule has 0 aromatic carbocycles.